The van der Waals surface area contributed by atoms with Crippen LogP contribution in [-0.4, -0.2) is 12.6 Å². The second-order valence-electron chi connectivity index (χ2n) is 4.97. The minimum absolute atomic E-state index is 0.183. The maximum atomic E-state index is 12.4. The number of benzene rings is 2. The highest BCUT2D eigenvalue weighted by atomic mass is 35.5. The van der Waals surface area contributed by atoms with Gasteiger partial charge in [0, 0.05) is 11.6 Å². The molecule has 4 nitrogen and oxygen atoms in total. The van der Waals surface area contributed by atoms with Gasteiger partial charge in [0.2, 0.25) is 0 Å². The van der Waals surface area contributed by atoms with Crippen LogP contribution in [0.4, 0.5) is 10.5 Å². The second kappa shape index (κ2) is 8.21. The van der Waals surface area contributed by atoms with Crippen LogP contribution in [0.1, 0.15) is 24.5 Å². The molecule has 0 radical (unpaired) electrons. The molecule has 118 valence electrons. The first kappa shape index (κ1) is 16.9. The molecule has 0 unspecified atom stereocenters. The van der Waals surface area contributed by atoms with Gasteiger partial charge in [-0.25, -0.2) is 4.79 Å². The molecule has 0 heterocycles. The molecule has 2 aromatic rings. The van der Waals surface area contributed by atoms with Crippen molar-refractivity contribution in [3.05, 3.63) is 64.7 Å². The van der Waals surface area contributed by atoms with Gasteiger partial charge in [0.25, 0.3) is 0 Å². The minimum atomic E-state index is -0.491. The molecular weight excluding hydrogens is 312 g/mol. The lowest BCUT2D eigenvalue weighted by molar-refractivity contribution is 0.147. The van der Waals surface area contributed by atoms with E-state index in [2.05, 4.69) is 6.07 Å². The Balaban J connectivity index is 2.19. The third-order valence-corrected chi connectivity index (χ3v) is 3.48. The topological polar surface area (TPSA) is 53.3 Å². The normalized spacial score (nSPS) is 9.96. The Morgan fingerprint density at radius 1 is 1.26 bits per heavy atom. The van der Waals surface area contributed by atoms with Crippen molar-refractivity contribution in [3.8, 4) is 6.07 Å². The van der Waals surface area contributed by atoms with Crippen LogP contribution >= 0.6 is 11.6 Å². The second-order valence-corrected chi connectivity index (χ2v) is 5.40. The summed E-state index contributed by atoms with van der Waals surface area (Å²) in [5, 5.41) is 9.71. The third kappa shape index (κ3) is 4.48. The SMILES string of the molecule is CCCN(C(=O)OCc1ccccc1)c1cc(Cl)ccc1C#N. The summed E-state index contributed by atoms with van der Waals surface area (Å²) in [6.07, 6.45) is 0.243. The molecule has 0 bridgehead atoms. The number of nitriles is 1. The summed E-state index contributed by atoms with van der Waals surface area (Å²) in [6.45, 7) is 2.58. The first-order valence-electron chi connectivity index (χ1n) is 7.33. The Hall–Kier alpha value is -2.51. The zero-order valence-corrected chi connectivity index (χ0v) is 13.6. The predicted octanol–water partition coefficient (Wildman–Crippen LogP) is 4.76. The average molecular weight is 329 g/mol. The lowest BCUT2D eigenvalue weighted by Crippen LogP contribution is -2.32. The summed E-state index contributed by atoms with van der Waals surface area (Å²) in [5.41, 5.74) is 1.77. The Morgan fingerprint density at radius 3 is 2.65 bits per heavy atom. The van der Waals surface area contributed by atoms with Crippen molar-refractivity contribution in [2.45, 2.75) is 20.0 Å². The highest BCUT2D eigenvalue weighted by Crippen LogP contribution is 2.25. The van der Waals surface area contributed by atoms with E-state index < -0.39 is 6.09 Å². The van der Waals surface area contributed by atoms with Crippen LogP contribution in [-0.2, 0) is 11.3 Å². The summed E-state index contributed by atoms with van der Waals surface area (Å²) >= 11 is 6.01. The van der Waals surface area contributed by atoms with Crippen LogP contribution in [0.5, 0.6) is 0 Å². The molecule has 2 aromatic carbocycles. The van der Waals surface area contributed by atoms with Crippen molar-refractivity contribution in [2.75, 3.05) is 11.4 Å². The monoisotopic (exact) mass is 328 g/mol. The molecule has 1 amide bonds. The molecule has 23 heavy (non-hydrogen) atoms. The van der Waals surface area contributed by atoms with Crippen LogP contribution in [0.3, 0.4) is 0 Å². The maximum Gasteiger partial charge on any atom is 0.414 e. The molecule has 0 atom stereocenters. The quantitative estimate of drug-likeness (QED) is 0.794. The molecule has 0 N–H and O–H groups in total. The molecule has 0 saturated heterocycles. The first-order chi connectivity index (χ1) is 11.2. The van der Waals surface area contributed by atoms with Crippen molar-refractivity contribution in [1.82, 2.24) is 0 Å². The van der Waals surface area contributed by atoms with E-state index in [1.54, 1.807) is 18.2 Å². The van der Waals surface area contributed by atoms with Crippen LogP contribution in [0.15, 0.2) is 48.5 Å². The number of halogens is 1. The number of hydrogen-bond donors (Lipinski definition) is 0. The van der Waals surface area contributed by atoms with Gasteiger partial charge in [-0.3, -0.25) is 4.90 Å². The van der Waals surface area contributed by atoms with Crippen molar-refractivity contribution in [1.29, 1.82) is 5.26 Å². The molecule has 2 rings (SSSR count). The van der Waals surface area contributed by atoms with Gasteiger partial charge in [-0.15, -0.1) is 0 Å². The fourth-order valence-corrected chi connectivity index (χ4v) is 2.32. The van der Waals surface area contributed by atoms with Gasteiger partial charge in [0.15, 0.2) is 0 Å². The highest BCUT2D eigenvalue weighted by Gasteiger charge is 2.20. The Morgan fingerprint density at radius 2 is 2.00 bits per heavy atom. The number of amides is 1. The summed E-state index contributed by atoms with van der Waals surface area (Å²) in [7, 11) is 0. The van der Waals surface area contributed by atoms with Gasteiger partial charge in [-0.1, -0.05) is 48.9 Å². The average Bonchev–Trinajstić information content (AvgIpc) is 2.58. The van der Waals surface area contributed by atoms with Gasteiger partial charge in [0.1, 0.15) is 12.7 Å². The fraction of sp³-hybridized carbons (Fsp3) is 0.222. The van der Waals surface area contributed by atoms with E-state index in [9.17, 15) is 10.1 Å². The van der Waals surface area contributed by atoms with Crippen molar-refractivity contribution in [2.24, 2.45) is 0 Å². The van der Waals surface area contributed by atoms with Gasteiger partial charge in [0.05, 0.1) is 11.3 Å². The zero-order valence-electron chi connectivity index (χ0n) is 12.8. The first-order valence-corrected chi connectivity index (χ1v) is 7.71. The third-order valence-electron chi connectivity index (χ3n) is 3.24. The smallest absolute Gasteiger partial charge is 0.414 e. The van der Waals surface area contributed by atoms with Gasteiger partial charge < -0.3 is 4.74 Å². The fourth-order valence-electron chi connectivity index (χ4n) is 2.15. The lowest BCUT2D eigenvalue weighted by atomic mass is 10.1. The molecule has 0 spiro atoms. The van der Waals surface area contributed by atoms with E-state index in [1.165, 1.54) is 4.90 Å². The van der Waals surface area contributed by atoms with E-state index >= 15 is 0 Å². The maximum absolute atomic E-state index is 12.4. The Bertz CT molecular complexity index is 711. The number of ether oxygens (including phenoxy) is 1. The molecule has 0 fully saturated rings. The van der Waals surface area contributed by atoms with Crippen molar-refractivity contribution < 1.29 is 9.53 Å². The molecule has 5 heteroatoms. The number of nitrogens with zero attached hydrogens (tertiary/aromatic N) is 2. The van der Waals surface area contributed by atoms with Gasteiger partial charge >= 0.3 is 6.09 Å². The summed E-state index contributed by atoms with van der Waals surface area (Å²) in [5.74, 6) is 0. The van der Waals surface area contributed by atoms with E-state index in [1.807, 2.05) is 37.3 Å². The molecule has 0 aliphatic carbocycles. The van der Waals surface area contributed by atoms with Gasteiger partial charge in [-0.2, -0.15) is 5.26 Å². The standard InChI is InChI=1S/C18H17ClN2O2/c1-2-10-21(17-11-16(19)9-8-15(17)12-20)18(22)23-13-14-6-4-3-5-7-14/h3-9,11H,2,10,13H2,1H3. The number of carbonyl (C=O) groups is 1. The molecule has 0 saturated carbocycles. The summed E-state index contributed by atoms with van der Waals surface area (Å²) < 4.78 is 5.37. The Labute approximate surface area is 140 Å². The van der Waals surface area contributed by atoms with E-state index in [-0.39, 0.29) is 6.61 Å². The molecule has 0 aliphatic heterocycles. The zero-order chi connectivity index (χ0) is 16.7. The predicted molar refractivity (Wildman–Crippen MR) is 90.4 cm³/mol. The van der Waals surface area contributed by atoms with Crippen LogP contribution in [0.25, 0.3) is 0 Å². The molecule has 0 aliphatic rings. The number of rotatable bonds is 5. The van der Waals surface area contributed by atoms with Crippen molar-refractivity contribution in [3.63, 3.8) is 0 Å². The van der Waals surface area contributed by atoms with E-state index in [4.69, 9.17) is 16.3 Å². The van der Waals surface area contributed by atoms with Crippen LogP contribution in [0, 0.1) is 11.3 Å². The van der Waals surface area contributed by atoms with Crippen LogP contribution in [0.2, 0.25) is 5.02 Å². The summed E-state index contributed by atoms with van der Waals surface area (Å²) in [4.78, 5) is 13.9. The van der Waals surface area contributed by atoms with Crippen LogP contribution < -0.4 is 4.90 Å². The number of hydrogen-bond acceptors (Lipinski definition) is 3. The highest BCUT2D eigenvalue weighted by molar-refractivity contribution is 6.31. The van der Waals surface area contributed by atoms with E-state index in [0.29, 0.717) is 22.8 Å². The molecular formula is C18H17ClN2O2. The Kier molecular flexibility index (Phi) is 6.02. The van der Waals surface area contributed by atoms with Gasteiger partial charge in [-0.05, 0) is 30.2 Å². The number of carbonyl (C=O) groups excluding carboxylic acids is 1. The lowest BCUT2D eigenvalue weighted by Gasteiger charge is -2.23. The molecule has 0 aromatic heterocycles. The van der Waals surface area contributed by atoms with Crippen molar-refractivity contribution >= 4 is 23.4 Å². The number of anilines is 1. The minimum Gasteiger partial charge on any atom is -0.444 e. The largest absolute Gasteiger partial charge is 0.444 e. The summed E-state index contributed by atoms with van der Waals surface area (Å²) in [6, 6.07) is 16.4. The van der Waals surface area contributed by atoms with E-state index in [0.717, 1.165) is 12.0 Å².